The van der Waals surface area contributed by atoms with Gasteiger partial charge in [-0.25, -0.2) is 4.79 Å². The number of ketones is 2. The van der Waals surface area contributed by atoms with Crippen molar-refractivity contribution in [2.75, 3.05) is 13.2 Å². The Morgan fingerprint density at radius 2 is 1.74 bits per heavy atom. The molecule has 1 amide bonds. The summed E-state index contributed by atoms with van der Waals surface area (Å²) < 4.78 is 10.2. The molecule has 0 aliphatic heterocycles. The molecule has 0 radical (unpaired) electrons. The van der Waals surface area contributed by atoms with Crippen LogP contribution in [0.5, 0.6) is 0 Å². The van der Waals surface area contributed by atoms with Crippen LogP contribution in [0.25, 0.3) is 0 Å². The van der Waals surface area contributed by atoms with E-state index >= 15 is 0 Å². The van der Waals surface area contributed by atoms with E-state index in [-0.39, 0.29) is 54.8 Å². The highest BCUT2D eigenvalue weighted by Crippen LogP contribution is 2.67. The van der Waals surface area contributed by atoms with E-state index in [0.29, 0.717) is 24.8 Å². The molecule has 0 saturated heterocycles. The highest BCUT2D eigenvalue weighted by atomic mass is 16.5. The standard InChI is InChI=1S/C36H47NO10/c1-4-46-33(44)31(32(43)21-8-6-5-7-9-21)37-28(41)12-13-29(42)47-20-27(40)36(45)17-15-25-24-11-10-22-18-23(38)14-16-34(22,2)30(24)26(39)19-35(25,36)3/h5-9,18,24-26,30-32,39,43,45H,4,10-17,19-20H2,1-3H3,(H,37,41)/t24-,25-,26-,30+,31-,32-,34-,35-,36-/m0/s1. The fourth-order valence-electron chi connectivity index (χ4n) is 9.29. The number of aliphatic hydroxyl groups excluding tert-OH is 2. The van der Waals surface area contributed by atoms with Gasteiger partial charge in [-0.05, 0) is 80.3 Å². The van der Waals surface area contributed by atoms with Crippen molar-refractivity contribution in [1.82, 2.24) is 5.32 Å². The predicted octanol–water partition coefficient (Wildman–Crippen LogP) is 2.89. The maximum Gasteiger partial charge on any atom is 0.331 e. The molecule has 4 N–H and O–H groups in total. The van der Waals surface area contributed by atoms with E-state index in [4.69, 9.17) is 9.47 Å². The number of hydrogen-bond acceptors (Lipinski definition) is 10. The summed E-state index contributed by atoms with van der Waals surface area (Å²) in [7, 11) is 0. The second-order valence-electron chi connectivity index (χ2n) is 14.2. The summed E-state index contributed by atoms with van der Waals surface area (Å²) in [5.74, 6) is -2.85. The largest absolute Gasteiger partial charge is 0.464 e. The van der Waals surface area contributed by atoms with Crippen LogP contribution in [0.2, 0.25) is 0 Å². The molecule has 4 aliphatic carbocycles. The summed E-state index contributed by atoms with van der Waals surface area (Å²) in [6, 6.07) is 6.92. The van der Waals surface area contributed by atoms with E-state index in [1.807, 2.05) is 6.92 Å². The number of hydrogen-bond donors (Lipinski definition) is 4. The molecule has 3 fully saturated rings. The van der Waals surface area contributed by atoms with Crippen molar-refractivity contribution in [3.63, 3.8) is 0 Å². The topological polar surface area (TPSA) is 177 Å². The van der Waals surface area contributed by atoms with Gasteiger partial charge in [-0.2, -0.15) is 0 Å². The third kappa shape index (κ3) is 6.41. The number of allylic oxidation sites excluding steroid dienone is 1. The number of carbonyl (C=O) groups is 5. The van der Waals surface area contributed by atoms with Crippen LogP contribution in [0.1, 0.15) is 90.2 Å². The Hall–Kier alpha value is -3.41. The normalized spacial score (nSPS) is 34.1. The molecule has 256 valence electrons. The number of Topliss-reactive ketones (excluding diaryl/α,β-unsaturated/α-hetero) is 1. The molecule has 3 saturated carbocycles. The van der Waals surface area contributed by atoms with Gasteiger partial charge in [0.05, 0.1) is 19.1 Å². The third-order valence-corrected chi connectivity index (χ3v) is 11.7. The number of aliphatic hydroxyl groups is 3. The van der Waals surface area contributed by atoms with Gasteiger partial charge < -0.3 is 30.1 Å². The van der Waals surface area contributed by atoms with E-state index in [2.05, 4.69) is 12.2 Å². The Bertz CT molecular complexity index is 1430. The zero-order chi connectivity index (χ0) is 34.1. The summed E-state index contributed by atoms with van der Waals surface area (Å²) in [5, 5.41) is 36.6. The summed E-state index contributed by atoms with van der Waals surface area (Å²) in [6.07, 6.45) is 2.55. The molecule has 0 aromatic heterocycles. The van der Waals surface area contributed by atoms with Crippen molar-refractivity contribution < 1.29 is 48.8 Å². The third-order valence-electron chi connectivity index (χ3n) is 11.7. The van der Waals surface area contributed by atoms with E-state index in [9.17, 15) is 39.3 Å². The number of fused-ring (bicyclic) bond motifs is 5. The molecule has 47 heavy (non-hydrogen) atoms. The molecule has 0 spiro atoms. The number of benzene rings is 1. The first-order valence-corrected chi connectivity index (χ1v) is 16.8. The van der Waals surface area contributed by atoms with Gasteiger partial charge in [-0.15, -0.1) is 0 Å². The van der Waals surface area contributed by atoms with Crippen LogP contribution in [-0.4, -0.2) is 75.7 Å². The number of carbonyl (C=O) groups excluding carboxylic acids is 5. The lowest BCUT2D eigenvalue weighted by atomic mass is 9.45. The number of rotatable bonds is 11. The molecule has 0 unspecified atom stereocenters. The molecule has 5 rings (SSSR count). The molecule has 1 aromatic rings. The molecule has 0 bridgehead atoms. The predicted molar refractivity (Wildman–Crippen MR) is 168 cm³/mol. The highest BCUT2D eigenvalue weighted by Gasteiger charge is 2.68. The summed E-state index contributed by atoms with van der Waals surface area (Å²) >= 11 is 0. The molecule has 11 heteroatoms. The molecule has 9 atom stereocenters. The van der Waals surface area contributed by atoms with Crippen LogP contribution >= 0.6 is 0 Å². The Kier molecular flexibility index (Phi) is 10.1. The average molecular weight is 654 g/mol. The zero-order valence-corrected chi connectivity index (χ0v) is 27.4. The number of nitrogens with one attached hydrogen (secondary N) is 1. The molecule has 4 aliphatic rings. The van der Waals surface area contributed by atoms with Crippen molar-refractivity contribution in [2.24, 2.45) is 28.6 Å². The van der Waals surface area contributed by atoms with Gasteiger partial charge in [-0.3, -0.25) is 19.2 Å². The maximum absolute atomic E-state index is 13.5. The summed E-state index contributed by atoms with van der Waals surface area (Å²) in [4.78, 5) is 63.5. The van der Waals surface area contributed by atoms with Crippen molar-refractivity contribution in [3.05, 3.63) is 47.5 Å². The first-order chi connectivity index (χ1) is 22.2. The van der Waals surface area contributed by atoms with Gasteiger partial charge in [0.2, 0.25) is 11.7 Å². The fraction of sp³-hybridized carbons (Fsp3) is 0.639. The molecular formula is C36H47NO10. The Morgan fingerprint density at radius 3 is 2.45 bits per heavy atom. The van der Waals surface area contributed by atoms with E-state index in [0.717, 1.165) is 18.4 Å². The van der Waals surface area contributed by atoms with Gasteiger partial charge in [-0.1, -0.05) is 49.8 Å². The molecule has 11 nitrogen and oxygen atoms in total. The van der Waals surface area contributed by atoms with Gasteiger partial charge in [0.1, 0.15) is 11.7 Å². The van der Waals surface area contributed by atoms with Crippen LogP contribution in [-0.2, 0) is 33.4 Å². The summed E-state index contributed by atoms with van der Waals surface area (Å²) in [5.41, 5.74) is -1.50. The minimum absolute atomic E-state index is 0.0150. The van der Waals surface area contributed by atoms with Crippen molar-refractivity contribution >= 4 is 29.4 Å². The Morgan fingerprint density at radius 1 is 1.02 bits per heavy atom. The van der Waals surface area contributed by atoms with Crippen molar-refractivity contribution in [1.29, 1.82) is 0 Å². The number of ether oxygens (including phenoxy) is 2. The first kappa shape index (κ1) is 34.9. The van der Waals surface area contributed by atoms with Crippen LogP contribution in [0.15, 0.2) is 42.0 Å². The zero-order valence-electron chi connectivity index (χ0n) is 27.4. The fourth-order valence-corrected chi connectivity index (χ4v) is 9.29. The van der Waals surface area contributed by atoms with Gasteiger partial charge in [0.25, 0.3) is 0 Å². The minimum atomic E-state index is -1.79. The SMILES string of the molecule is CCOC(=O)[C@@H](NC(=O)CCC(=O)OCC(=O)[C@@]1(O)CC[C@H]2[C@@H]3CCC4=CC(=O)CC[C@]4(C)[C@H]3[C@@H](O)C[C@@]21C)[C@@H](O)c1ccccc1. The number of amides is 1. The second kappa shape index (κ2) is 13.6. The van der Waals surface area contributed by atoms with Crippen LogP contribution < -0.4 is 5.32 Å². The molecular weight excluding hydrogens is 606 g/mol. The lowest BCUT2D eigenvalue weighted by Gasteiger charge is -2.60. The first-order valence-electron chi connectivity index (χ1n) is 16.8. The van der Waals surface area contributed by atoms with Crippen LogP contribution in [0, 0.1) is 28.6 Å². The highest BCUT2D eigenvalue weighted by molar-refractivity contribution is 5.92. The van der Waals surface area contributed by atoms with Crippen molar-refractivity contribution in [3.8, 4) is 0 Å². The van der Waals surface area contributed by atoms with E-state index < -0.39 is 65.9 Å². The van der Waals surface area contributed by atoms with E-state index in [1.165, 1.54) is 0 Å². The Balaban J connectivity index is 1.17. The average Bonchev–Trinajstić information content (AvgIpc) is 3.32. The van der Waals surface area contributed by atoms with Crippen LogP contribution in [0.3, 0.4) is 0 Å². The molecule has 1 aromatic carbocycles. The summed E-state index contributed by atoms with van der Waals surface area (Å²) in [6.45, 7) is 4.97. The Labute approximate surface area is 275 Å². The smallest absolute Gasteiger partial charge is 0.331 e. The van der Waals surface area contributed by atoms with Gasteiger partial charge in [0.15, 0.2) is 18.4 Å². The maximum atomic E-state index is 13.5. The molecule has 0 heterocycles. The van der Waals surface area contributed by atoms with Crippen molar-refractivity contribution in [2.45, 2.75) is 102 Å². The van der Waals surface area contributed by atoms with Crippen LogP contribution in [0.4, 0.5) is 0 Å². The lowest BCUT2D eigenvalue weighted by Crippen LogP contribution is -2.62. The minimum Gasteiger partial charge on any atom is -0.464 e. The van der Waals surface area contributed by atoms with Gasteiger partial charge in [0, 0.05) is 18.3 Å². The van der Waals surface area contributed by atoms with Gasteiger partial charge >= 0.3 is 11.9 Å². The quantitative estimate of drug-likeness (QED) is 0.260. The lowest BCUT2D eigenvalue weighted by molar-refractivity contribution is -0.184. The monoisotopic (exact) mass is 653 g/mol. The van der Waals surface area contributed by atoms with E-state index in [1.54, 1.807) is 43.3 Å². The second-order valence-corrected chi connectivity index (χ2v) is 14.2. The number of esters is 2.